The number of hydrogen-bond donors (Lipinski definition) is 1. The van der Waals surface area contributed by atoms with E-state index >= 15 is 0 Å². The maximum absolute atomic E-state index is 13.3. The van der Waals surface area contributed by atoms with Crippen LogP contribution in [0, 0.1) is 0 Å². The van der Waals surface area contributed by atoms with Gasteiger partial charge in [-0.15, -0.1) is 0 Å². The number of benzene rings is 1. The predicted octanol–water partition coefficient (Wildman–Crippen LogP) is 2.98. The first-order valence-corrected chi connectivity index (χ1v) is 7.89. The van der Waals surface area contributed by atoms with Crippen LogP contribution in [0.4, 0.5) is 13.2 Å². The van der Waals surface area contributed by atoms with Crippen molar-refractivity contribution >= 4 is 5.91 Å². The molecule has 1 amide bonds. The first-order chi connectivity index (χ1) is 11.9. The molecule has 132 valence electrons. The first-order valence-electron chi connectivity index (χ1n) is 7.89. The van der Waals surface area contributed by atoms with E-state index in [0.717, 1.165) is 6.07 Å². The van der Waals surface area contributed by atoms with Crippen molar-refractivity contribution in [2.75, 3.05) is 6.54 Å². The van der Waals surface area contributed by atoms with Crippen LogP contribution in [0.25, 0.3) is 0 Å². The summed E-state index contributed by atoms with van der Waals surface area (Å²) in [6.07, 6.45) is -2.11. The number of halogens is 3. The Bertz CT molecular complexity index is 749. The third-order valence-electron chi connectivity index (χ3n) is 4.30. The van der Waals surface area contributed by atoms with Crippen molar-refractivity contribution in [3.63, 3.8) is 0 Å². The highest BCUT2D eigenvalue weighted by Crippen LogP contribution is 2.40. The second-order valence-corrected chi connectivity index (χ2v) is 6.07. The number of rotatable bonds is 3. The number of carbonyl (C=O) groups excluding carboxylic acids is 1. The molecule has 1 aliphatic heterocycles. The second-order valence-electron chi connectivity index (χ2n) is 6.07. The molecule has 1 saturated heterocycles. The van der Waals surface area contributed by atoms with Crippen LogP contribution in [0.2, 0.25) is 0 Å². The third-order valence-corrected chi connectivity index (χ3v) is 4.30. The van der Waals surface area contributed by atoms with Gasteiger partial charge in [-0.2, -0.15) is 13.2 Å². The summed E-state index contributed by atoms with van der Waals surface area (Å²) < 4.78 is 39.9. The molecule has 0 spiro atoms. The van der Waals surface area contributed by atoms with E-state index in [4.69, 9.17) is 0 Å². The fourth-order valence-corrected chi connectivity index (χ4v) is 3.21. The molecule has 1 fully saturated rings. The topological polar surface area (TPSA) is 53.4 Å². The fourth-order valence-electron chi connectivity index (χ4n) is 3.21. The molecule has 0 bridgehead atoms. The summed E-state index contributed by atoms with van der Waals surface area (Å²) in [5.41, 5.74) is -0.0730. The van der Waals surface area contributed by atoms with Crippen LogP contribution in [0.3, 0.4) is 0 Å². The quantitative estimate of drug-likeness (QED) is 0.926. The minimum atomic E-state index is -4.51. The Hall–Kier alpha value is -2.41. The van der Waals surface area contributed by atoms with E-state index in [2.05, 4.69) is 4.98 Å². The number of pyridine rings is 1. The standard InChI is InChI=1S/C18H17F3N2O2/c19-18(20,21)15-6-2-1-5-14(15)16-9-13(24)11-23(16)17(25)8-12-4-3-7-22-10-12/h1-7,10,13,16,24H,8-9,11H2/t13-,16-/m1/s1. The van der Waals surface area contributed by atoms with Gasteiger partial charge in [0, 0.05) is 18.9 Å². The highest BCUT2D eigenvalue weighted by atomic mass is 19.4. The average Bonchev–Trinajstić information content (AvgIpc) is 2.97. The zero-order valence-corrected chi connectivity index (χ0v) is 13.3. The van der Waals surface area contributed by atoms with Crippen molar-refractivity contribution < 1.29 is 23.1 Å². The SMILES string of the molecule is O=C(Cc1cccnc1)N1C[C@H](O)C[C@@H]1c1ccccc1C(F)(F)F. The molecule has 25 heavy (non-hydrogen) atoms. The Balaban J connectivity index is 1.89. The van der Waals surface area contributed by atoms with Gasteiger partial charge in [0.25, 0.3) is 0 Å². The van der Waals surface area contributed by atoms with Gasteiger partial charge in [-0.3, -0.25) is 9.78 Å². The van der Waals surface area contributed by atoms with Gasteiger partial charge in [0.15, 0.2) is 0 Å². The van der Waals surface area contributed by atoms with Crippen LogP contribution in [-0.2, 0) is 17.4 Å². The number of likely N-dealkylation sites (tertiary alicyclic amines) is 1. The maximum Gasteiger partial charge on any atom is 0.416 e. The van der Waals surface area contributed by atoms with Crippen molar-refractivity contribution in [3.05, 3.63) is 65.5 Å². The molecular formula is C18H17F3N2O2. The Morgan fingerprint density at radius 3 is 2.68 bits per heavy atom. The van der Waals surface area contributed by atoms with Gasteiger partial charge in [0.05, 0.1) is 24.1 Å². The number of aromatic nitrogens is 1. The molecule has 0 radical (unpaired) electrons. The largest absolute Gasteiger partial charge is 0.416 e. The molecular weight excluding hydrogens is 333 g/mol. The number of carbonyl (C=O) groups is 1. The van der Waals surface area contributed by atoms with E-state index in [1.165, 1.54) is 23.1 Å². The Labute approximate surface area is 142 Å². The monoisotopic (exact) mass is 350 g/mol. The Morgan fingerprint density at radius 2 is 2.00 bits per heavy atom. The molecule has 1 aromatic heterocycles. The summed E-state index contributed by atoms with van der Waals surface area (Å²) in [6.45, 7) is 0.0238. The van der Waals surface area contributed by atoms with Gasteiger partial charge in [-0.05, 0) is 29.7 Å². The molecule has 4 nitrogen and oxygen atoms in total. The minimum absolute atomic E-state index is 0.0195. The van der Waals surface area contributed by atoms with Crippen LogP contribution in [0.5, 0.6) is 0 Å². The van der Waals surface area contributed by atoms with Gasteiger partial charge in [0.1, 0.15) is 0 Å². The van der Waals surface area contributed by atoms with Gasteiger partial charge >= 0.3 is 6.18 Å². The number of aliphatic hydroxyl groups excluding tert-OH is 1. The lowest BCUT2D eigenvalue weighted by molar-refractivity contribution is -0.140. The normalized spacial score (nSPS) is 20.7. The van der Waals surface area contributed by atoms with E-state index in [9.17, 15) is 23.1 Å². The predicted molar refractivity (Wildman–Crippen MR) is 84.5 cm³/mol. The lowest BCUT2D eigenvalue weighted by Gasteiger charge is -2.27. The summed E-state index contributed by atoms with van der Waals surface area (Å²) in [4.78, 5) is 17.9. The summed E-state index contributed by atoms with van der Waals surface area (Å²) in [5.74, 6) is -0.327. The molecule has 0 saturated carbocycles. The highest BCUT2D eigenvalue weighted by molar-refractivity contribution is 5.79. The van der Waals surface area contributed by atoms with Gasteiger partial charge < -0.3 is 10.0 Å². The molecule has 2 aromatic rings. The van der Waals surface area contributed by atoms with Gasteiger partial charge in [0.2, 0.25) is 5.91 Å². The minimum Gasteiger partial charge on any atom is -0.391 e. The van der Waals surface area contributed by atoms with Crippen molar-refractivity contribution in [2.45, 2.75) is 31.2 Å². The summed E-state index contributed by atoms with van der Waals surface area (Å²) in [7, 11) is 0. The molecule has 2 heterocycles. The smallest absolute Gasteiger partial charge is 0.391 e. The van der Waals surface area contributed by atoms with Crippen LogP contribution < -0.4 is 0 Å². The first kappa shape index (κ1) is 17.4. The molecule has 7 heteroatoms. The van der Waals surface area contributed by atoms with E-state index < -0.39 is 23.9 Å². The van der Waals surface area contributed by atoms with E-state index in [-0.39, 0.29) is 30.9 Å². The van der Waals surface area contributed by atoms with Crippen LogP contribution in [0.1, 0.15) is 29.2 Å². The van der Waals surface area contributed by atoms with Gasteiger partial charge in [-0.1, -0.05) is 24.3 Å². The zero-order chi connectivity index (χ0) is 18.0. The molecule has 2 atom stereocenters. The number of nitrogens with zero attached hydrogens (tertiary/aromatic N) is 2. The van der Waals surface area contributed by atoms with E-state index in [1.54, 1.807) is 24.5 Å². The number of aliphatic hydroxyl groups is 1. The van der Waals surface area contributed by atoms with Crippen molar-refractivity contribution in [3.8, 4) is 0 Å². The molecule has 1 aliphatic rings. The molecule has 3 rings (SSSR count). The summed E-state index contributed by atoms with van der Waals surface area (Å²) >= 11 is 0. The molecule has 1 N–H and O–H groups in total. The molecule has 1 aromatic carbocycles. The Morgan fingerprint density at radius 1 is 1.24 bits per heavy atom. The number of β-amino-alcohol motifs (C(OH)–C–C–N with tert-alkyl or cyclic N) is 1. The highest BCUT2D eigenvalue weighted by Gasteiger charge is 2.41. The van der Waals surface area contributed by atoms with Crippen molar-refractivity contribution in [1.82, 2.24) is 9.88 Å². The van der Waals surface area contributed by atoms with Crippen molar-refractivity contribution in [1.29, 1.82) is 0 Å². The summed E-state index contributed by atoms with van der Waals surface area (Å²) in [5, 5.41) is 9.95. The zero-order valence-electron chi connectivity index (χ0n) is 13.3. The second kappa shape index (κ2) is 6.84. The fraction of sp³-hybridized carbons (Fsp3) is 0.333. The average molecular weight is 350 g/mol. The summed E-state index contributed by atoms with van der Waals surface area (Å²) in [6, 6.07) is 7.84. The van der Waals surface area contributed by atoms with E-state index in [1.807, 2.05) is 0 Å². The van der Waals surface area contributed by atoms with Gasteiger partial charge in [-0.25, -0.2) is 0 Å². The van der Waals surface area contributed by atoms with E-state index in [0.29, 0.717) is 5.56 Å². The van der Waals surface area contributed by atoms with Crippen LogP contribution >= 0.6 is 0 Å². The molecule has 0 aliphatic carbocycles. The number of hydrogen-bond acceptors (Lipinski definition) is 3. The van der Waals surface area contributed by atoms with Crippen LogP contribution in [-0.4, -0.2) is 33.5 Å². The lowest BCUT2D eigenvalue weighted by Crippen LogP contribution is -2.33. The van der Waals surface area contributed by atoms with Crippen LogP contribution in [0.15, 0.2) is 48.8 Å². The third kappa shape index (κ3) is 3.82. The number of amides is 1. The Kier molecular flexibility index (Phi) is 4.76. The molecule has 0 unspecified atom stereocenters. The maximum atomic E-state index is 13.3. The lowest BCUT2D eigenvalue weighted by atomic mass is 9.97. The number of alkyl halides is 3. The van der Waals surface area contributed by atoms with Crippen molar-refractivity contribution in [2.24, 2.45) is 0 Å².